The van der Waals surface area contributed by atoms with Gasteiger partial charge in [-0.15, -0.1) is 0 Å². The first kappa shape index (κ1) is 20.2. The Bertz CT molecular complexity index is 1250. The zero-order valence-electron chi connectivity index (χ0n) is 16.2. The van der Waals surface area contributed by atoms with Crippen molar-refractivity contribution in [1.82, 2.24) is 0 Å². The van der Waals surface area contributed by atoms with E-state index in [-0.39, 0.29) is 11.4 Å². The minimum atomic E-state index is -4.06. The average Bonchev–Trinajstić information content (AvgIpc) is 2.72. The first-order chi connectivity index (χ1) is 14.4. The quantitative estimate of drug-likeness (QED) is 0.573. The molecule has 0 saturated carbocycles. The second kappa shape index (κ2) is 7.97. The van der Waals surface area contributed by atoms with Crippen LogP contribution in [0.25, 0.3) is 0 Å². The maximum atomic E-state index is 13.4. The van der Waals surface area contributed by atoms with Gasteiger partial charge in [-0.05, 0) is 48.9 Å². The van der Waals surface area contributed by atoms with Crippen molar-refractivity contribution in [2.24, 2.45) is 0 Å². The number of para-hydroxylation sites is 1. The Morgan fingerprint density at radius 1 is 1.00 bits per heavy atom. The maximum absolute atomic E-state index is 13.4. The van der Waals surface area contributed by atoms with Gasteiger partial charge in [-0.3, -0.25) is 9.10 Å². The van der Waals surface area contributed by atoms with E-state index in [0.29, 0.717) is 22.0 Å². The summed E-state index contributed by atoms with van der Waals surface area (Å²) in [6.07, 6.45) is 1.25. The largest absolute Gasteiger partial charge is 0.360 e. The summed E-state index contributed by atoms with van der Waals surface area (Å²) in [5.41, 5.74) is 3.23. The minimum Gasteiger partial charge on any atom is -0.360 e. The number of halogens is 1. The van der Waals surface area contributed by atoms with E-state index in [2.05, 4.69) is 5.32 Å². The van der Waals surface area contributed by atoms with E-state index in [1.807, 2.05) is 31.2 Å². The van der Waals surface area contributed by atoms with Gasteiger partial charge in [0, 0.05) is 22.5 Å². The van der Waals surface area contributed by atoms with Gasteiger partial charge < -0.3 is 5.32 Å². The Hall–Kier alpha value is -3.09. The predicted molar refractivity (Wildman–Crippen MR) is 120 cm³/mol. The van der Waals surface area contributed by atoms with Gasteiger partial charge in [0.2, 0.25) is 5.78 Å². The normalized spacial score (nSPS) is 16.4. The van der Waals surface area contributed by atoms with Crippen molar-refractivity contribution in [3.63, 3.8) is 0 Å². The number of fused-ring (bicyclic) bond motifs is 1. The zero-order valence-corrected chi connectivity index (χ0v) is 17.7. The van der Waals surface area contributed by atoms with E-state index < -0.39 is 15.8 Å². The van der Waals surface area contributed by atoms with E-state index in [0.717, 1.165) is 11.1 Å². The summed E-state index contributed by atoms with van der Waals surface area (Å²) >= 11 is 5.89. The molecule has 0 bridgehead atoms. The Kier molecular flexibility index (Phi) is 5.37. The molecule has 7 heteroatoms. The van der Waals surface area contributed by atoms with Gasteiger partial charge in [0.05, 0.1) is 12.2 Å². The van der Waals surface area contributed by atoms with E-state index in [1.54, 1.807) is 48.5 Å². The van der Waals surface area contributed by atoms with Gasteiger partial charge in [-0.1, -0.05) is 53.6 Å². The molecular weight excluding hydrogens is 420 g/mol. The maximum Gasteiger partial charge on any atom is 0.270 e. The van der Waals surface area contributed by atoms with Crippen molar-refractivity contribution in [3.8, 4) is 0 Å². The molecule has 0 aromatic heterocycles. The van der Waals surface area contributed by atoms with Crippen molar-refractivity contribution < 1.29 is 13.2 Å². The summed E-state index contributed by atoms with van der Waals surface area (Å²) in [5.74, 6) is -0.535. The molecule has 0 spiro atoms. The number of allylic oxidation sites excluding steroid dienone is 1. The number of nitrogens with zero attached hydrogens (tertiary/aromatic N) is 1. The fourth-order valence-corrected chi connectivity index (χ4v) is 5.02. The van der Waals surface area contributed by atoms with Crippen LogP contribution in [-0.2, 0) is 16.6 Å². The van der Waals surface area contributed by atoms with Crippen LogP contribution in [0, 0.1) is 6.92 Å². The highest BCUT2D eigenvalue weighted by Crippen LogP contribution is 2.36. The molecule has 0 amide bonds. The molecule has 3 aromatic rings. The molecular formula is C23H19ClN2O3S. The molecule has 0 fully saturated rings. The number of hydrogen-bond donors (Lipinski definition) is 1. The summed E-state index contributed by atoms with van der Waals surface area (Å²) in [6.45, 7) is 2.08. The van der Waals surface area contributed by atoms with Gasteiger partial charge in [0.15, 0.2) is 4.91 Å². The van der Waals surface area contributed by atoms with Crippen molar-refractivity contribution in [1.29, 1.82) is 0 Å². The fourth-order valence-electron chi connectivity index (χ4n) is 3.36. The Balaban J connectivity index is 1.77. The second-order valence-electron chi connectivity index (χ2n) is 7.01. The number of nitrogens with one attached hydrogen (secondary N) is 1. The predicted octanol–water partition coefficient (Wildman–Crippen LogP) is 5.13. The molecule has 1 aliphatic rings. The zero-order chi connectivity index (χ0) is 21.3. The van der Waals surface area contributed by atoms with Crippen molar-refractivity contribution >= 4 is 38.8 Å². The molecule has 1 aliphatic heterocycles. The number of aryl methyl sites for hydroxylation is 1. The summed E-state index contributed by atoms with van der Waals surface area (Å²) in [7, 11) is -4.06. The summed E-state index contributed by atoms with van der Waals surface area (Å²) in [5, 5.41) is 3.47. The van der Waals surface area contributed by atoms with E-state index >= 15 is 0 Å². The number of ketones is 1. The molecule has 0 radical (unpaired) electrons. The molecule has 30 heavy (non-hydrogen) atoms. The smallest absolute Gasteiger partial charge is 0.270 e. The SMILES string of the molecule is Cc1cccc(CN2c3ccccc3C(=O)C(=CNc3ccc(Cl)cc3)S2(=O)=O)c1. The van der Waals surface area contributed by atoms with Gasteiger partial charge in [-0.25, -0.2) is 8.42 Å². The van der Waals surface area contributed by atoms with Crippen LogP contribution in [0.3, 0.4) is 0 Å². The molecule has 5 nitrogen and oxygen atoms in total. The number of Topliss-reactive ketones (excluding diaryl/α,β-unsaturated/α-hetero) is 1. The average molecular weight is 439 g/mol. The third kappa shape index (κ3) is 3.84. The molecule has 152 valence electrons. The number of carbonyl (C=O) groups excluding carboxylic acids is 1. The molecule has 0 saturated heterocycles. The highest BCUT2D eigenvalue weighted by molar-refractivity contribution is 7.97. The highest BCUT2D eigenvalue weighted by Gasteiger charge is 2.40. The van der Waals surface area contributed by atoms with Gasteiger partial charge >= 0.3 is 0 Å². The lowest BCUT2D eigenvalue weighted by atomic mass is 10.1. The third-order valence-electron chi connectivity index (χ3n) is 4.83. The Morgan fingerprint density at radius 3 is 2.47 bits per heavy atom. The first-order valence-electron chi connectivity index (χ1n) is 9.30. The van der Waals surface area contributed by atoms with Crippen LogP contribution in [0.4, 0.5) is 11.4 Å². The van der Waals surface area contributed by atoms with Crippen molar-refractivity contribution in [2.45, 2.75) is 13.5 Å². The van der Waals surface area contributed by atoms with Gasteiger partial charge in [-0.2, -0.15) is 0 Å². The van der Waals surface area contributed by atoms with Crippen LogP contribution in [0.1, 0.15) is 21.5 Å². The molecule has 0 atom stereocenters. The van der Waals surface area contributed by atoms with Crippen LogP contribution in [0.5, 0.6) is 0 Å². The van der Waals surface area contributed by atoms with Gasteiger partial charge in [0.25, 0.3) is 10.0 Å². The number of sulfonamides is 1. The Labute approximate surface area is 180 Å². The number of rotatable bonds is 4. The molecule has 0 unspecified atom stereocenters. The number of anilines is 2. The Morgan fingerprint density at radius 2 is 1.73 bits per heavy atom. The fraction of sp³-hybridized carbons (Fsp3) is 0.0870. The number of hydrogen-bond acceptors (Lipinski definition) is 4. The van der Waals surface area contributed by atoms with E-state index in [4.69, 9.17) is 11.6 Å². The number of carbonyl (C=O) groups is 1. The highest BCUT2D eigenvalue weighted by atomic mass is 35.5. The minimum absolute atomic E-state index is 0.132. The van der Waals surface area contributed by atoms with Crippen LogP contribution >= 0.6 is 11.6 Å². The van der Waals surface area contributed by atoms with Crippen molar-refractivity contribution in [3.05, 3.63) is 106 Å². The summed E-state index contributed by atoms with van der Waals surface area (Å²) in [6, 6.07) is 21.2. The van der Waals surface area contributed by atoms with Crippen LogP contribution < -0.4 is 9.62 Å². The molecule has 4 rings (SSSR count). The third-order valence-corrected chi connectivity index (χ3v) is 6.85. The van der Waals surface area contributed by atoms with Crippen molar-refractivity contribution in [2.75, 3.05) is 9.62 Å². The molecule has 1 heterocycles. The summed E-state index contributed by atoms with van der Waals surface area (Å²) in [4.78, 5) is 12.7. The lowest BCUT2D eigenvalue weighted by Gasteiger charge is -2.31. The first-order valence-corrected chi connectivity index (χ1v) is 11.1. The van der Waals surface area contributed by atoms with E-state index in [1.165, 1.54) is 10.5 Å². The number of benzene rings is 3. The van der Waals surface area contributed by atoms with Crippen LogP contribution in [-0.4, -0.2) is 14.2 Å². The lowest BCUT2D eigenvalue weighted by Crippen LogP contribution is -2.39. The van der Waals surface area contributed by atoms with Crippen LogP contribution in [0.15, 0.2) is 83.9 Å². The van der Waals surface area contributed by atoms with Gasteiger partial charge in [0.1, 0.15) is 0 Å². The molecule has 3 aromatic carbocycles. The topological polar surface area (TPSA) is 66.5 Å². The summed E-state index contributed by atoms with van der Waals surface area (Å²) < 4.78 is 28.1. The second-order valence-corrected chi connectivity index (χ2v) is 9.27. The molecule has 1 N–H and O–H groups in total. The molecule has 0 aliphatic carbocycles. The standard InChI is InChI=1S/C23H19ClN2O3S/c1-16-5-4-6-17(13-16)15-26-21-8-3-2-7-20(21)23(27)22(30(26,28)29)14-25-19-11-9-18(24)10-12-19/h2-14,25H,15H2,1H3. The van der Waals surface area contributed by atoms with Crippen LogP contribution in [0.2, 0.25) is 5.02 Å². The monoisotopic (exact) mass is 438 g/mol. The van der Waals surface area contributed by atoms with E-state index in [9.17, 15) is 13.2 Å². The lowest BCUT2D eigenvalue weighted by molar-refractivity contribution is 0.104.